The summed E-state index contributed by atoms with van der Waals surface area (Å²) >= 11 is 0. The number of allylic oxidation sites excluding steroid dienone is 4. The van der Waals surface area contributed by atoms with Crippen LogP contribution in [-0.4, -0.2) is 67.4 Å². The summed E-state index contributed by atoms with van der Waals surface area (Å²) in [6.07, 6.45) is 10.9. The lowest BCUT2D eigenvalue weighted by Crippen LogP contribution is -2.67. The summed E-state index contributed by atoms with van der Waals surface area (Å²) in [5, 5.41) is 23.7. The molecule has 2 bridgehead atoms. The van der Waals surface area contributed by atoms with Crippen LogP contribution in [0.15, 0.2) is 60.2 Å². The van der Waals surface area contributed by atoms with Crippen LogP contribution in [0.25, 0.3) is 0 Å². The summed E-state index contributed by atoms with van der Waals surface area (Å²) in [4.78, 5) is 14.6. The van der Waals surface area contributed by atoms with E-state index < -0.39 is 49.6 Å². The van der Waals surface area contributed by atoms with Gasteiger partial charge in [-0.1, -0.05) is 38.1 Å². The molecule has 3 fully saturated rings. The van der Waals surface area contributed by atoms with Gasteiger partial charge in [-0.25, -0.2) is 17.2 Å². The van der Waals surface area contributed by atoms with Gasteiger partial charge in [0.15, 0.2) is 17.4 Å². The maximum absolute atomic E-state index is 14.6. The molecule has 0 saturated heterocycles. The van der Waals surface area contributed by atoms with Crippen molar-refractivity contribution in [3.05, 3.63) is 83.0 Å². The average molecular weight is 712 g/mol. The summed E-state index contributed by atoms with van der Waals surface area (Å²) < 4.78 is 67.5. The minimum absolute atomic E-state index is 0.0169. The molecule has 0 heterocycles. The predicted octanol–water partition coefficient (Wildman–Crippen LogP) is 6.22. The molecule has 2 aromatic carbocycles. The Hall–Kier alpha value is -3.12. The summed E-state index contributed by atoms with van der Waals surface area (Å²) in [5.74, 6) is -1.76. The van der Waals surface area contributed by atoms with Crippen molar-refractivity contribution in [3.8, 4) is 11.5 Å². The number of rotatable bonds is 9. The highest BCUT2D eigenvalue weighted by Crippen LogP contribution is 2.78. The lowest BCUT2D eigenvalue weighted by molar-refractivity contribution is -0.173. The van der Waals surface area contributed by atoms with Crippen molar-refractivity contribution in [2.75, 3.05) is 27.0 Å². The van der Waals surface area contributed by atoms with Crippen LogP contribution < -0.4 is 9.47 Å². The van der Waals surface area contributed by atoms with Crippen LogP contribution in [0.2, 0.25) is 0 Å². The highest BCUT2D eigenvalue weighted by Gasteiger charge is 2.74. The molecule has 8 atom stereocenters. The first kappa shape index (κ1) is 35.3. The third kappa shape index (κ3) is 4.89. The Morgan fingerprint density at radius 2 is 1.64 bits per heavy atom. The Labute approximate surface area is 293 Å². The maximum atomic E-state index is 14.6. The first-order valence-electron chi connectivity index (χ1n) is 17.5. The minimum atomic E-state index is -3.81. The molecule has 0 aliphatic heterocycles. The zero-order valence-electron chi connectivity index (χ0n) is 29.3. The van der Waals surface area contributed by atoms with E-state index in [1.807, 2.05) is 13.0 Å². The van der Waals surface area contributed by atoms with Crippen LogP contribution in [0.1, 0.15) is 74.7 Å². The van der Waals surface area contributed by atoms with Gasteiger partial charge in [-0.2, -0.15) is 4.31 Å². The number of methoxy groups -OCH3 is 2. The number of nitrogens with zero attached hydrogens (tertiary/aromatic N) is 1. The summed E-state index contributed by atoms with van der Waals surface area (Å²) in [7, 11) is -0.767. The second kappa shape index (κ2) is 11.7. The normalized spacial score (nSPS) is 37.2. The van der Waals surface area contributed by atoms with Gasteiger partial charge in [0.2, 0.25) is 10.0 Å². The SMILES string of the molecule is COc1ccc(CN(CC2(O)CCC3C45C=CC6(C=C4C(=O)c4ccc(F)c(F)c4)CC(O)CCC6(C)C5CCC32C)S(C)(=O)=O)c(OC)c1. The van der Waals surface area contributed by atoms with Gasteiger partial charge in [-0.15, -0.1) is 0 Å². The van der Waals surface area contributed by atoms with E-state index in [9.17, 15) is 32.2 Å². The van der Waals surface area contributed by atoms with Crippen LogP contribution >= 0.6 is 0 Å². The fraction of sp³-hybridized carbons (Fsp3) is 0.564. The lowest BCUT2D eigenvalue weighted by atomic mass is 9.32. The Morgan fingerprint density at radius 3 is 2.32 bits per heavy atom. The predicted molar refractivity (Wildman–Crippen MR) is 184 cm³/mol. The van der Waals surface area contributed by atoms with E-state index in [0.717, 1.165) is 24.8 Å². The number of benzene rings is 2. The molecule has 0 radical (unpaired) electrons. The molecule has 6 aliphatic rings. The number of ether oxygens (including phenoxy) is 2. The maximum Gasteiger partial charge on any atom is 0.211 e. The van der Waals surface area contributed by atoms with Crippen LogP contribution in [-0.2, 0) is 16.6 Å². The second-order valence-corrected chi connectivity index (χ2v) is 18.0. The van der Waals surface area contributed by atoms with E-state index in [4.69, 9.17) is 9.47 Å². The number of ketones is 1. The second-order valence-electron chi connectivity index (χ2n) is 16.0. The highest BCUT2D eigenvalue weighted by atomic mass is 32.2. The highest BCUT2D eigenvalue weighted by molar-refractivity contribution is 7.88. The van der Waals surface area contributed by atoms with E-state index in [0.29, 0.717) is 61.2 Å². The van der Waals surface area contributed by atoms with E-state index in [2.05, 4.69) is 19.1 Å². The molecule has 0 amide bonds. The summed E-state index contributed by atoms with van der Waals surface area (Å²) in [5.41, 5.74) is -2.79. The first-order valence-corrected chi connectivity index (χ1v) is 19.3. The number of carbonyl (C=O) groups excluding carboxylic acids is 1. The Kier molecular flexibility index (Phi) is 8.26. The zero-order chi connectivity index (χ0) is 36.1. The van der Waals surface area contributed by atoms with Crippen LogP contribution in [0.4, 0.5) is 8.78 Å². The molecule has 270 valence electrons. The van der Waals surface area contributed by atoms with Crippen LogP contribution in [0.3, 0.4) is 0 Å². The van der Waals surface area contributed by atoms with E-state index >= 15 is 0 Å². The van der Waals surface area contributed by atoms with Crippen molar-refractivity contribution in [3.63, 3.8) is 0 Å². The summed E-state index contributed by atoms with van der Waals surface area (Å²) in [6.45, 7) is 4.11. The van der Waals surface area contributed by atoms with Gasteiger partial charge in [0.05, 0.1) is 32.2 Å². The number of sulfonamides is 1. The van der Waals surface area contributed by atoms with Gasteiger partial charge >= 0.3 is 0 Å². The molecule has 6 aliphatic carbocycles. The fourth-order valence-corrected chi connectivity index (χ4v) is 12.0. The first-order chi connectivity index (χ1) is 23.5. The largest absolute Gasteiger partial charge is 0.497 e. The average Bonchev–Trinajstić information content (AvgIpc) is 3.34. The topological polar surface area (TPSA) is 113 Å². The molecular formula is C39H47F2NO7S. The molecule has 2 aromatic rings. The van der Waals surface area contributed by atoms with Crippen molar-refractivity contribution < 1.29 is 41.7 Å². The van der Waals surface area contributed by atoms with Crippen molar-refractivity contribution >= 4 is 15.8 Å². The molecular weight excluding hydrogens is 664 g/mol. The molecule has 2 N–H and O–H groups in total. The van der Waals surface area contributed by atoms with Crippen molar-refractivity contribution in [2.24, 2.45) is 33.5 Å². The van der Waals surface area contributed by atoms with Crippen molar-refractivity contribution in [1.29, 1.82) is 0 Å². The number of hydrogen-bond acceptors (Lipinski definition) is 7. The molecule has 0 aromatic heterocycles. The van der Waals surface area contributed by atoms with Gasteiger partial charge in [-0.3, -0.25) is 4.79 Å². The lowest BCUT2D eigenvalue weighted by Gasteiger charge is -2.71. The number of aliphatic hydroxyl groups excluding tert-OH is 1. The number of Topliss-reactive ketones (excluding diaryl/α,β-unsaturated/α-hetero) is 1. The molecule has 3 saturated carbocycles. The summed E-state index contributed by atoms with van der Waals surface area (Å²) in [6, 6.07) is 8.43. The monoisotopic (exact) mass is 711 g/mol. The molecule has 8 rings (SSSR count). The number of halogens is 2. The number of carbonyl (C=O) groups is 1. The minimum Gasteiger partial charge on any atom is -0.497 e. The molecule has 2 spiro atoms. The van der Waals surface area contributed by atoms with E-state index in [-0.39, 0.29) is 41.7 Å². The third-order valence-electron chi connectivity index (χ3n) is 13.9. The van der Waals surface area contributed by atoms with E-state index in [1.165, 1.54) is 24.6 Å². The fourth-order valence-electron chi connectivity index (χ4n) is 11.1. The molecule has 50 heavy (non-hydrogen) atoms. The Balaban J connectivity index is 1.31. The smallest absolute Gasteiger partial charge is 0.211 e. The Bertz CT molecular complexity index is 1910. The van der Waals surface area contributed by atoms with Gasteiger partial charge in [0.1, 0.15) is 11.5 Å². The van der Waals surface area contributed by atoms with Crippen LogP contribution in [0, 0.1) is 45.1 Å². The quantitative estimate of drug-likeness (QED) is 0.235. The van der Waals surface area contributed by atoms with Crippen molar-refractivity contribution in [1.82, 2.24) is 4.31 Å². The number of hydrogen-bond donors (Lipinski definition) is 2. The zero-order valence-corrected chi connectivity index (χ0v) is 30.2. The number of aliphatic hydroxyl groups is 2. The van der Waals surface area contributed by atoms with Crippen molar-refractivity contribution in [2.45, 2.75) is 77.0 Å². The van der Waals surface area contributed by atoms with Gasteiger partial charge < -0.3 is 19.7 Å². The number of fused-ring (bicyclic) bond motifs is 1. The molecule has 11 heteroatoms. The third-order valence-corrected chi connectivity index (χ3v) is 15.1. The van der Waals surface area contributed by atoms with Gasteiger partial charge in [0.25, 0.3) is 0 Å². The Morgan fingerprint density at radius 1 is 0.940 bits per heavy atom. The standard InChI is InChI=1S/C39H47F2NO7S/c1-35-13-10-26(43)20-37(35)16-17-39(28(21-37)34(44)24-7-9-29(40)30(41)18-24)32(35)11-14-36(2)33(39)12-15-38(36,45)23-42(50(5,46)47)22-25-6-8-27(48-3)19-31(25)49-4/h6-9,16-19,21,26,32-33,43,45H,10-15,20,22-23H2,1-5H3. The van der Waals surface area contributed by atoms with E-state index in [1.54, 1.807) is 18.2 Å². The van der Waals surface area contributed by atoms with Crippen LogP contribution in [0.5, 0.6) is 11.5 Å². The molecule has 8 unspecified atom stereocenters. The molecule has 8 nitrogen and oxygen atoms in total. The van der Waals surface area contributed by atoms with Gasteiger partial charge in [-0.05, 0) is 86.5 Å². The van der Waals surface area contributed by atoms with Gasteiger partial charge in [0, 0.05) is 52.1 Å².